The Bertz CT molecular complexity index is 2230. The molecule has 6 rings (SSSR count). The number of ketones is 5. The van der Waals surface area contributed by atoms with Gasteiger partial charge in [-0.2, -0.15) is 0 Å². The van der Waals surface area contributed by atoms with E-state index >= 15 is 0 Å². The van der Waals surface area contributed by atoms with Crippen LogP contribution in [0.2, 0.25) is 0 Å². The van der Waals surface area contributed by atoms with E-state index in [0.717, 1.165) is 58.0 Å². The number of likely N-dealkylation sites (tertiary alicyclic amines) is 1. The lowest BCUT2D eigenvalue weighted by atomic mass is 9.99. The van der Waals surface area contributed by atoms with Gasteiger partial charge in [0.2, 0.25) is 35.3 Å². The highest BCUT2D eigenvalue weighted by Crippen LogP contribution is 2.36. The predicted molar refractivity (Wildman–Crippen MR) is 337 cm³/mol. The van der Waals surface area contributed by atoms with Crippen LogP contribution in [-0.2, 0) is 47.9 Å². The molecule has 6 aliphatic rings. The number of alkyl halides is 2. The molecule has 87 heavy (non-hydrogen) atoms. The number of carbonyl (C=O) groups is 10. The number of nitrogens with one attached hydrogen (secondary N) is 9. The standard InChI is InChI=1S/C14H24N2O2.C14H26N2O2.C13H24N2O2.C12H20F2N2O2.C12H22N2O2/c1-14(2,3)15-11(9-10-5-6-10)12(17)13(18)16-7-4-8-16;1-9(2)15-13(18)12(17)11(8-10-6-7-10)16-14(3,4)5;1-5-14-12(17)11(16)10(8-9-6-7-9)15-13(2,3)4;1-12(2,3)16-8(6-9(13)14)10(17)11(18)15-7-4-5-7;1-12(2,3)14-9(7-8-5-6-8)10(15)11(16)13-4/h10-11,15H,4-9H2,1-3H3;9-11,16H,6-8H2,1-5H3,(H,15,18);9-10,15H,5-8H2,1-4H3,(H,14,17);7-9,16H,4-6H2,1-3H3,(H,15,18);8-9,14H,5-7H2,1-4H3,(H,13,16)/t2*11-;10-;;9-/m000.0/s1. The Kier molecular flexibility index (Phi) is 31.6. The summed E-state index contributed by atoms with van der Waals surface area (Å²) in [6, 6.07) is -2.42. The van der Waals surface area contributed by atoms with Crippen molar-refractivity contribution >= 4 is 58.5 Å². The second kappa shape index (κ2) is 35.1. The SMILES string of the molecule is CC(C)(C)NC(CC(F)F)C(=O)C(=O)NC1CC1.CC(C)(C)N[C@@H](CC1CC1)C(=O)C(=O)N1CCC1.CC(C)NC(=O)C(=O)[C@H](CC1CC1)NC(C)(C)C.CCNC(=O)C(=O)[C@H](CC1CC1)NC(C)(C)C.CNC(=O)C(=O)[C@H](CC1CC1)NC(C)(C)C. The fourth-order valence-corrected chi connectivity index (χ4v) is 9.34. The summed E-state index contributed by atoms with van der Waals surface area (Å²) in [7, 11) is 1.49. The van der Waals surface area contributed by atoms with Gasteiger partial charge in [-0.1, -0.05) is 51.4 Å². The summed E-state index contributed by atoms with van der Waals surface area (Å²) in [6.45, 7) is 37.0. The Balaban J connectivity index is 0.000000371. The second-order valence-electron chi connectivity index (χ2n) is 30.4. The fourth-order valence-electron chi connectivity index (χ4n) is 9.34. The van der Waals surface area contributed by atoms with Crippen LogP contribution in [0.1, 0.15) is 227 Å². The van der Waals surface area contributed by atoms with Gasteiger partial charge in [0.25, 0.3) is 29.5 Å². The number of hydrogen-bond acceptors (Lipinski definition) is 15. The summed E-state index contributed by atoms with van der Waals surface area (Å²) in [4.78, 5) is 120. The van der Waals surface area contributed by atoms with Gasteiger partial charge in [-0.3, -0.25) is 47.9 Å². The average Bonchev–Trinajstić information content (AvgIpc) is 2.80. The van der Waals surface area contributed by atoms with Crippen molar-refractivity contribution in [3.63, 3.8) is 0 Å². The monoisotopic (exact) mass is 1230 g/mol. The summed E-state index contributed by atoms with van der Waals surface area (Å²) in [6.07, 6.45) is 12.1. The minimum Gasteiger partial charge on any atom is -0.353 e. The summed E-state index contributed by atoms with van der Waals surface area (Å²) >= 11 is 0. The van der Waals surface area contributed by atoms with Crippen LogP contribution >= 0.6 is 0 Å². The molecule has 5 saturated carbocycles. The summed E-state index contributed by atoms with van der Waals surface area (Å²) in [5.41, 5.74) is -1.10. The number of likely N-dealkylation sites (N-methyl/N-ethyl adjacent to an activating group) is 2. The van der Waals surface area contributed by atoms with Crippen LogP contribution in [0.4, 0.5) is 8.78 Å². The van der Waals surface area contributed by atoms with Crippen LogP contribution < -0.4 is 47.9 Å². The van der Waals surface area contributed by atoms with Crippen LogP contribution in [0.25, 0.3) is 0 Å². The highest BCUT2D eigenvalue weighted by Gasteiger charge is 2.40. The topological polar surface area (TPSA) is 282 Å². The summed E-state index contributed by atoms with van der Waals surface area (Å²) in [5.74, 6) is -2.04. The van der Waals surface area contributed by atoms with Crippen LogP contribution in [-0.4, -0.2) is 166 Å². The van der Waals surface area contributed by atoms with E-state index in [1.54, 1.807) is 25.7 Å². The normalized spacial score (nSPS) is 18.5. The molecule has 1 saturated heterocycles. The molecule has 1 aliphatic heterocycles. The third-order valence-corrected chi connectivity index (χ3v) is 14.2. The van der Waals surface area contributed by atoms with E-state index in [9.17, 15) is 56.7 Å². The molecule has 1 unspecified atom stereocenters. The van der Waals surface area contributed by atoms with E-state index in [4.69, 9.17) is 0 Å². The van der Waals surface area contributed by atoms with Gasteiger partial charge in [-0.25, -0.2) is 8.78 Å². The van der Waals surface area contributed by atoms with E-state index in [1.807, 2.05) is 104 Å². The first kappa shape index (κ1) is 78.5. The van der Waals surface area contributed by atoms with Crippen molar-refractivity contribution in [1.82, 2.24) is 52.8 Å². The molecule has 0 bridgehead atoms. The maximum absolute atomic E-state index is 12.4. The molecule has 6 fully saturated rings. The minimum absolute atomic E-state index is 0.00217. The van der Waals surface area contributed by atoms with Crippen molar-refractivity contribution in [3.05, 3.63) is 0 Å². The number of amides is 5. The first-order valence-corrected chi connectivity index (χ1v) is 32.2. The highest BCUT2D eigenvalue weighted by atomic mass is 19.3. The number of rotatable bonds is 28. The Morgan fingerprint density at radius 3 is 1.01 bits per heavy atom. The molecule has 0 aromatic heterocycles. The molecular formula is C65H116F2N10O10. The Hall–Kier alpha value is -4.64. The van der Waals surface area contributed by atoms with Crippen LogP contribution in [0.3, 0.4) is 0 Å². The Labute approximate surface area is 520 Å². The fraction of sp³-hybridized carbons (Fsp3) is 0.846. The molecule has 5 aliphatic carbocycles. The van der Waals surface area contributed by atoms with E-state index in [2.05, 4.69) is 47.9 Å². The zero-order chi connectivity index (χ0) is 66.6. The van der Waals surface area contributed by atoms with Crippen LogP contribution in [0.5, 0.6) is 0 Å². The van der Waals surface area contributed by atoms with E-state index in [0.29, 0.717) is 30.2 Å². The number of carbonyl (C=O) groups excluding carboxylic acids is 10. The molecule has 9 N–H and O–H groups in total. The van der Waals surface area contributed by atoms with Gasteiger partial charge in [0.15, 0.2) is 0 Å². The van der Waals surface area contributed by atoms with E-state index < -0.39 is 53.8 Å². The molecule has 5 atom stereocenters. The van der Waals surface area contributed by atoms with Gasteiger partial charge >= 0.3 is 0 Å². The first-order valence-electron chi connectivity index (χ1n) is 32.2. The zero-order valence-corrected chi connectivity index (χ0v) is 56.6. The smallest absolute Gasteiger partial charge is 0.291 e. The lowest BCUT2D eigenvalue weighted by molar-refractivity contribution is -0.148. The van der Waals surface area contributed by atoms with Crippen molar-refractivity contribution in [2.75, 3.05) is 26.7 Å². The third kappa shape index (κ3) is 36.6. The summed E-state index contributed by atoms with van der Waals surface area (Å²) < 4.78 is 24.9. The molecule has 0 aromatic carbocycles. The molecule has 1 heterocycles. The van der Waals surface area contributed by atoms with Crippen molar-refractivity contribution < 1.29 is 56.7 Å². The van der Waals surface area contributed by atoms with E-state index in [-0.39, 0.29) is 87.4 Å². The van der Waals surface area contributed by atoms with Gasteiger partial charge in [-0.05, 0) is 193 Å². The molecule has 0 aromatic rings. The molecule has 0 spiro atoms. The second-order valence-corrected chi connectivity index (χ2v) is 30.4. The first-order chi connectivity index (χ1) is 39.9. The number of halogens is 2. The maximum atomic E-state index is 12.4. The quantitative estimate of drug-likeness (QED) is 0.0387. The largest absolute Gasteiger partial charge is 0.353 e. The Morgan fingerprint density at radius 1 is 0.437 bits per heavy atom. The molecule has 20 nitrogen and oxygen atoms in total. The highest BCUT2D eigenvalue weighted by molar-refractivity contribution is 6.40. The minimum atomic E-state index is -2.62. The molecule has 22 heteroatoms. The van der Waals surface area contributed by atoms with Crippen molar-refractivity contribution in [2.24, 2.45) is 23.7 Å². The van der Waals surface area contributed by atoms with E-state index in [1.165, 1.54) is 58.4 Å². The van der Waals surface area contributed by atoms with Gasteiger partial charge < -0.3 is 52.8 Å². The van der Waals surface area contributed by atoms with Gasteiger partial charge in [0.1, 0.15) is 0 Å². The van der Waals surface area contributed by atoms with Crippen LogP contribution in [0.15, 0.2) is 0 Å². The lowest BCUT2D eigenvalue weighted by Gasteiger charge is -2.33. The Morgan fingerprint density at radius 2 is 0.747 bits per heavy atom. The molecular weight excluding hydrogens is 1120 g/mol. The number of Topliss-reactive ketones (excluding diaryl/α,β-unsaturated/α-hetero) is 5. The molecule has 0 radical (unpaired) electrons. The maximum Gasteiger partial charge on any atom is 0.291 e. The van der Waals surface area contributed by atoms with Gasteiger partial charge in [-0.15, -0.1) is 0 Å². The van der Waals surface area contributed by atoms with Crippen molar-refractivity contribution in [3.8, 4) is 0 Å². The molecule has 5 amide bonds. The van der Waals surface area contributed by atoms with Gasteiger partial charge in [0.05, 0.1) is 30.2 Å². The lowest BCUT2D eigenvalue weighted by Crippen LogP contribution is -2.55. The van der Waals surface area contributed by atoms with Crippen LogP contribution in [0, 0.1) is 23.7 Å². The van der Waals surface area contributed by atoms with Crippen molar-refractivity contribution in [2.45, 2.75) is 304 Å². The number of nitrogens with zero attached hydrogens (tertiary/aromatic N) is 1. The third-order valence-electron chi connectivity index (χ3n) is 14.2. The average molecular weight is 1240 g/mol. The van der Waals surface area contributed by atoms with Crippen molar-refractivity contribution in [1.29, 1.82) is 0 Å². The molecule has 500 valence electrons. The predicted octanol–water partition coefficient (Wildman–Crippen LogP) is 6.33. The number of hydrogen-bond donors (Lipinski definition) is 9. The van der Waals surface area contributed by atoms with Gasteiger partial charge in [0, 0.05) is 72.9 Å². The summed E-state index contributed by atoms with van der Waals surface area (Å²) in [5, 5.41) is 26.0. The zero-order valence-electron chi connectivity index (χ0n) is 56.6.